The molecule has 0 radical (unpaired) electrons. The number of fused-ring (bicyclic) bond motifs is 6. The van der Waals surface area contributed by atoms with Gasteiger partial charge in [-0.05, 0) is 68.3 Å². The molecule has 2 heterocycles. The van der Waals surface area contributed by atoms with E-state index in [0.29, 0.717) is 17.1 Å². The molecule has 186 valence electrons. The summed E-state index contributed by atoms with van der Waals surface area (Å²) in [7, 11) is 2.08. The smallest absolute Gasteiger partial charge is 0.340 e. The topological polar surface area (TPSA) is 50.8 Å². The third-order valence-corrected chi connectivity index (χ3v) is 7.36. The Morgan fingerprint density at radius 1 is 0.865 bits per heavy atom. The predicted molar refractivity (Wildman–Crippen MR) is 147 cm³/mol. The summed E-state index contributed by atoms with van der Waals surface area (Å²) in [5.41, 5.74) is 7.35. The van der Waals surface area contributed by atoms with Crippen molar-refractivity contribution in [3.05, 3.63) is 112 Å². The SMILES string of the molecule is CCCN(C)c1ccc2c(c1)Oc1ccc(Nc3ccc(C)cc3C)cc1C21OC(=O)c2ccccc21. The molecule has 0 bridgehead atoms. The second-order valence-corrected chi connectivity index (χ2v) is 9.97. The van der Waals surface area contributed by atoms with Gasteiger partial charge in [0, 0.05) is 53.4 Å². The number of anilines is 3. The molecule has 5 heteroatoms. The molecule has 1 N–H and O–H groups in total. The number of nitrogens with zero attached hydrogens (tertiary/aromatic N) is 1. The Labute approximate surface area is 217 Å². The first kappa shape index (κ1) is 23.2. The van der Waals surface area contributed by atoms with Crippen LogP contribution in [0.5, 0.6) is 11.5 Å². The van der Waals surface area contributed by atoms with Crippen LogP contribution in [0.15, 0.2) is 78.9 Å². The molecule has 37 heavy (non-hydrogen) atoms. The number of aryl methyl sites for hydroxylation is 2. The van der Waals surface area contributed by atoms with Crippen molar-refractivity contribution >= 4 is 23.0 Å². The zero-order valence-electron chi connectivity index (χ0n) is 21.6. The van der Waals surface area contributed by atoms with E-state index in [4.69, 9.17) is 9.47 Å². The summed E-state index contributed by atoms with van der Waals surface area (Å²) in [5.74, 6) is 1.06. The van der Waals surface area contributed by atoms with E-state index in [9.17, 15) is 4.79 Å². The van der Waals surface area contributed by atoms with Gasteiger partial charge in [-0.25, -0.2) is 4.79 Å². The van der Waals surface area contributed by atoms with Crippen molar-refractivity contribution in [3.63, 3.8) is 0 Å². The van der Waals surface area contributed by atoms with E-state index in [1.54, 1.807) is 0 Å². The van der Waals surface area contributed by atoms with E-state index < -0.39 is 5.60 Å². The van der Waals surface area contributed by atoms with Crippen LogP contribution in [0.1, 0.15) is 51.5 Å². The van der Waals surface area contributed by atoms with Crippen molar-refractivity contribution in [2.75, 3.05) is 23.8 Å². The Balaban J connectivity index is 1.53. The van der Waals surface area contributed by atoms with Crippen molar-refractivity contribution < 1.29 is 14.3 Å². The lowest BCUT2D eigenvalue weighted by Gasteiger charge is -2.37. The first-order chi connectivity index (χ1) is 17.9. The summed E-state index contributed by atoms with van der Waals surface area (Å²) in [6, 6.07) is 26.2. The Kier molecular flexibility index (Phi) is 5.45. The van der Waals surface area contributed by atoms with Crippen LogP contribution in [0, 0.1) is 13.8 Å². The first-order valence-electron chi connectivity index (χ1n) is 12.8. The van der Waals surface area contributed by atoms with Gasteiger partial charge in [0.05, 0.1) is 5.56 Å². The number of carbonyl (C=O) groups excluding carboxylic acids is 1. The number of carbonyl (C=O) groups is 1. The van der Waals surface area contributed by atoms with E-state index in [-0.39, 0.29) is 5.97 Å². The zero-order chi connectivity index (χ0) is 25.7. The Morgan fingerprint density at radius 2 is 1.70 bits per heavy atom. The average Bonchev–Trinajstić information content (AvgIpc) is 3.19. The minimum atomic E-state index is -1.08. The maximum absolute atomic E-state index is 13.2. The Morgan fingerprint density at radius 3 is 2.51 bits per heavy atom. The molecule has 1 spiro atoms. The molecule has 2 aliphatic heterocycles. The van der Waals surface area contributed by atoms with Crippen LogP contribution in [0.4, 0.5) is 17.1 Å². The van der Waals surface area contributed by atoms with Gasteiger partial charge < -0.3 is 19.7 Å². The largest absolute Gasteiger partial charge is 0.456 e. The molecule has 4 aromatic carbocycles. The molecule has 0 aliphatic carbocycles. The third-order valence-electron chi connectivity index (χ3n) is 7.36. The summed E-state index contributed by atoms with van der Waals surface area (Å²) in [5, 5.41) is 3.55. The fourth-order valence-electron chi connectivity index (χ4n) is 5.55. The van der Waals surface area contributed by atoms with Crippen LogP contribution < -0.4 is 15.0 Å². The van der Waals surface area contributed by atoms with Crippen molar-refractivity contribution in [1.82, 2.24) is 0 Å². The third kappa shape index (κ3) is 3.65. The number of nitrogens with one attached hydrogen (secondary N) is 1. The zero-order valence-corrected chi connectivity index (χ0v) is 21.6. The summed E-state index contributed by atoms with van der Waals surface area (Å²) in [4.78, 5) is 15.4. The molecule has 0 amide bonds. The van der Waals surface area contributed by atoms with Crippen LogP contribution in [-0.2, 0) is 10.3 Å². The molecule has 1 unspecified atom stereocenters. The molecule has 5 nitrogen and oxygen atoms in total. The van der Waals surface area contributed by atoms with Crippen LogP contribution in [0.25, 0.3) is 0 Å². The van der Waals surface area contributed by atoms with E-state index in [2.05, 4.69) is 62.3 Å². The normalized spacial score (nSPS) is 16.9. The van der Waals surface area contributed by atoms with Gasteiger partial charge in [0.1, 0.15) is 11.5 Å². The van der Waals surface area contributed by atoms with E-state index in [1.165, 1.54) is 5.56 Å². The lowest BCUT2D eigenvalue weighted by Crippen LogP contribution is -2.33. The maximum atomic E-state index is 13.2. The number of benzene rings is 4. The first-order valence-corrected chi connectivity index (χ1v) is 12.8. The molecule has 0 saturated carbocycles. The van der Waals surface area contributed by atoms with E-state index >= 15 is 0 Å². The van der Waals surface area contributed by atoms with Crippen molar-refractivity contribution in [2.45, 2.75) is 32.8 Å². The van der Waals surface area contributed by atoms with Crippen molar-refractivity contribution in [3.8, 4) is 11.5 Å². The highest BCUT2D eigenvalue weighted by molar-refractivity contribution is 5.97. The molecule has 6 rings (SSSR count). The highest BCUT2D eigenvalue weighted by Crippen LogP contribution is 2.57. The highest BCUT2D eigenvalue weighted by atomic mass is 16.6. The fraction of sp³-hybridized carbons (Fsp3) is 0.219. The monoisotopic (exact) mass is 490 g/mol. The number of hydrogen-bond donors (Lipinski definition) is 1. The van der Waals surface area contributed by atoms with Crippen molar-refractivity contribution in [2.24, 2.45) is 0 Å². The molecule has 1 atom stereocenters. The van der Waals surface area contributed by atoms with Gasteiger partial charge in [0.15, 0.2) is 5.60 Å². The number of esters is 1. The quantitative estimate of drug-likeness (QED) is 0.294. The summed E-state index contributed by atoms with van der Waals surface area (Å²) in [6.07, 6.45) is 1.04. The summed E-state index contributed by atoms with van der Waals surface area (Å²) >= 11 is 0. The average molecular weight is 491 g/mol. The van der Waals surface area contributed by atoms with Gasteiger partial charge in [-0.2, -0.15) is 0 Å². The lowest BCUT2D eigenvalue weighted by atomic mass is 9.77. The van der Waals surface area contributed by atoms with Crippen molar-refractivity contribution in [1.29, 1.82) is 0 Å². The predicted octanol–water partition coefficient (Wildman–Crippen LogP) is 7.46. The lowest BCUT2D eigenvalue weighted by molar-refractivity contribution is 0.0224. The molecule has 0 saturated heterocycles. The second kappa shape index (κ2) is 8.70. The number of hydrogen-bond acceptors (Lipinski definition) is 5. The van der Waals surface area contributed by atoms with Gasteiger partial charge in [-0.15, -0.1) is 0 Å². The second-order valence-electron chi connectivity index (χ2n) is 9.97. The summed E-state index contributed by atoms with van der Waals surface area (Å²) in [6.45, 7) is 7.28. The van der Waals surface area contributed by atoms with Gasteiger partial charge in [-0.3, -0.25) is 0 Å². The van der Waals surface area contributed by atoms with Gasteiger partial charge in [-0.1, -0.05) is 42.8 Å². The van der Waals surface area contributed by atoms with E-state index in [1.807, 2.05) is 54.6 Å². The molecule has 0 aromatic heterocycles. The van der Waals surface area contributed by atoms with Gasteiger partial charge in [0.25, 0.3) is 0 Å². The van der Waals surface area contributed by atoms with Crippen LogP contribution in [0.3, 0.4) is 0 Å². The van der Waals surface area contributed by atoms with Gasteiger partial charge in [0.2, 0.25) is 0 Å². The number of ether oxygens (including phenoxy) is 2. The minimum Gasteiger partial charge on any atom is -0.456 e. The number of rotatable bonds is 5. The van der Waals surface area contributed by atoms with E-state index in [0.717, 1.165) is 52.3 Å². The summed E-state index contributed by atoms with van der Waals surface area (Å²) < 4.78 is 12.8. The van der Waals surface area contributed by atoms with Crippen LogP contribution in [-0.4, -0.2) is 19.6 Å². The van der Waals surface area contributed by atoms with Gasteiger partial charge >= 0.3 is 5.97 Å². The Hall–Kier alpha value is -4.25. The standard InChI is InChI=1S/C32H30N2O3/c1-5-16-34(4)23-12-13-26-30(19-23)36-29-15-11-22(33-28-14-10-20(2)17-21(28)3)18-27(29)32(26)25-9-7-6-8-24(25)31(35)37-32/h6-15,17-19,33H,5,16H2,1-4H3. The van der Waals surface area contributed by atoms with Crippen LogP contribution in [0.2, 0.25) is 0 Å². The molecular weight excluding hydrogens is 460 g/mol. The maximum Gasteiger partial charge on any atom is 0.340 e. The molecule has 4 aromatic rings. The minimum absolute atomic E-state index is 0.325. The molecule has 0 fully saturated rings. The Bertz CT molecular complexity index is 1540. The molecule has 2 aliphatic rings. The van der Waals surface area contributed by atoms with Crippen LogP contribution >= 0.6 is 0 Å². The fourth-order valence-corrected chi connectivity index (χ4v) is 5.55. The highest BCUT2D eigenvalue weighted by Gasteiger charge is 2.53. The molecular formula is C32H30N2O3.